The Morgan fingerprint density at radius 1 is 1.39 bits per heavy atom. The van der Waals surface area contributed by atoms with Crippen molar-refractivity contribution in [1.29, 1.82) is 0 Å². The van der Waals surface area contributed by atoms with Gasteiger partial charge in [-0.1, -0.05) is 0 Å². The Hall–Kier alpha value is -1.55. The van der Waals surface area contributed by atoms with E-state index in [1.807, 2.05) is 13.0 Å². The number of carbonyl (C=O) groups excluding carboxylic acids is 1. The van der Waals surface area contributed by atoms with Crippen molar-refractivity contribution in [2.75, 3.05) is 12.4 Å². The van der Waals surface area contributed by atoms with E-state index in [2.05, 4.69) is 5.32 Å². The molecule has 0 saturated heterocycles. The lowest BCUT2D eigenvalue weighted by molar-refractivity contribution is -0.133. The first-order valence-electron chi connectivity index (χ1n) is 6.24. The van der Waals surface area contributed by atoms with Gasteiger partial charge in [0.25, 0.3) is 5.91 Å². The number of rotatable bonds is 3. The van der Waals surface area contributed by atoms with Gasteiger partial charge in [0.05, 0.1) is 7.11 Å². The van der Waals surface area contributed by atoms with Gasteiger partial charge >= 0.3 is 0 Å². The average Bonchev–Trinajstić information content (AvgIpc) is 2.80. The van der Waals surface area contributed by atoms with Crippen molar-refractivity contribution >= 4 is 11.6 Å². The van der Waals surface area contributed by atoms with Gasteiger partial charge in [-0.3, -0.25) is 4.79 Å². The first-order valence-corrected chi connectivity index (χ1v) is 6.24. The lowest BCUT2D eigenvalue weighted by Gasteiger charge is -2.21. The summed E-state index contributed by atoms with van der Waals surface area (Å²) in [5.41, 5.74) is 0.456. The third-order valence-electron chi connectivity index (χ3n) is 3.54. The number of hydrogen-bond acceptors (Lipinski definition) is 3. The van der Waals surface area contributed by atoms with Crippen molar-refractivity contribution < 1.29 is 14.6 Å². The molecule has 0 aromatic heterocycles. The molecule has 1 amide bonds. The van der Waals surface area contributed by atoms with Gasteiger partial charge in [0, 0.05) is 5.69 Å². The fourth-order valence-corrected chi connectivity index (χ4v) is 2.33. The van der Waals surface area contributed by atoms with E-state index in [1.54, 1.807) is 19.2 Å². The highest BCUT2D eigenvalue weighted by Gasteiger charge is 2.38. The van der Waals surface area contributed by atoms with E-state index in [-0.39, 0.29) is 5.91 Å². The van der Waals surface area contributed by atoms with Crippen LogP contribution >= 0.6 is 0 Å². The summed E-state index contributed by atoms with van der Waals surface area (Å²) in [4.78, 5) is 12.1. The van der Waals surface area contributed by atoms with Crippen molar-refractivity contribution in [2.24, 2.45) is 0 Å². The molecular formula is C14H19NO3. The largest absolute Gasteiger partial charge is 0.497 e. The quantitative estimate of drug-likeness (QED) is 0.863. The van der Waals surface area contributed by atoms with Gasteiger partial charge in [-0.2, -0.15) is 0 Å². The first-order chi connectivity index (χ1) is 8.55. The van der Waals surface area contributed by atoms with Crippen LogP contribution in [-0.2, 0) is 4.79 Å². The second-order valence-corrected chi connectivity index (χ2v) is 4.87. The smallest absolute Gasteiger partial charge is 0.256 e. The molecule has 4 heteroatoms. The van der Waals surface area contributed by atoms with Gasteiger partial charge < -0.3 is 15.2 Å². The van der Waals surface area contributed by atoms with Crippen LogP contribution < -0.4 is 10.1 Å². The molecule has 2 rings (SSSR count). The standard InChI is InChI=1S/C14H19NO3/c1-10-9-11(18-2)5-6-12(10)15-13(16)14(17)7-3-4-8-14/h5-6,9,17H,3-4,7-8H2,1-2H3,(H,15,16). The third kappa shape index (κ3) is 2.48. The van der Waals surface area contributed by atoms with Crippen LogP contribution in [0, 0.1) is 6.92 Å². The molecule has 98 valence electrons. The van der Waals surface area contributed by atoms with Gasteiger partial charge in [-0.25, -0.2) is 0 Å². The highest BCUT2D eigenvalue weighted by Crippen LogP contribution is 2.31. The molecule has 0 bridgehead atoms. The second kappa shape index (κ2) is 4.98. The molecular weight excluding hydrogens is 230 g/mol. The number of hydrogen-bond donors (Lipinski definition) is 2. The van der Waals surface area contributed by atoms with Crippen molar-refractivity contribution in [3.05, 3.63) is 23.8 Å². The van der Waals surface area contributed by atoms with Crippen LogP contribution in [0.4, 0.5) is 5.69 Å². The summed E-state index contributed by atoms with van der Waals surface area (Å²) >= 11 is 0. The van der Waals surface area contributed by atoms with Crippen LogP contribution in [0.5, 0.6) is 5.75 Å². The molecule has 0 atom stereocenters. The van der Waals surface area contributed by atoms with Gasteiger partial charge in [0.2, 0.25) is 0 Å². The summed E-state index contributed by atoms with van der Waals surface area (Å²) in [6, 6.07) is 5.44. The molecule has 2 N–H and O–H groups in total. The highest BCUT2D eigenvalue weighted by molar-refractivity contribution is 5.97. The first kappa shape index (κ1) is 12.9. The number of nitrogens with one attached hydrogen (secondary N) is 1. The monoisotopic (exact) mass is 249 g/mol. The molecule has 4 nitrogen and oxygen atoms in total. The molecule has 0 unspecified atom stereocenters. The number of aliphatic hydroxyl groups is 1. The highest BCUT2D eigenvalue weighted by atomic mass is 16.5. The molecule has 1 fully saturated rings. The lowest BCUT2D eigenvalue weighted by atomic mass is 10.0. The minimum absolute atomic E-state index is 0.298. The SMILES string of the molecule is COc1ccc(NC(=O)C2(O)CCCC2)c(C)c1. The molecule has 1 aromatic rings. The molecule has 1 aliphatic rings. The van der Waals surface area contributed by atoms with Crippen LogP contribution in [0.1, 0.15) is 31.2 Å². The molecule has 0 radical (unpaired) electrons. The summed E-state index contributed by atoms with van der Waals surface area (Å²) in [6.07, 6.45) is 2.92. The van der Waals surface area contributed by atoms with Gasteiger partial charge in [0.15, 0.2) is 0 Å². The second-order valence-electron chi connectivity index (χ2n) is 4.87. The maximum atomic E-state index is 12.1. The molecule has 0 aliphatic heterocycles. The molecule has 1 aliphatic carbocycles. The summed E-state index contributed by atoms with van der Waals surface area (Å²) in [7, 11) is 1.61. The van der Waals surface area contributed by atoms with E-state index in [4.69, 9.17) is 4.74 Å². The maximum Gasteiger partial charge on any atom is 0.256 e. The minimum atomic E-state index is -1.19. The van der Waals surface area contributed by atoms with Crippen molar-refractivity contribution in [3.63, 3.8) is 0 Å². The zero-order valence-corrected chi connectivity index (χ0v) is 10.8. The Kier molecular flexibility index (Phi) is 3.57. The van der Waals surface area contributed by atoms with Crippen molar-refractivity contribution in [1.82, 2.24) is 0 Å². The van der Waals surface area contributed by atoms with E-state index in [9.17, 15) is 9.90 Å². The van der Waals surface area contributed by atoms with Crippen LogP contribution in [0.2, 0.25) is 0 Å². The van der Waals surface area contributed by atoms with Gasteiger partial charge in [0.1, 0.15) is 11.4 Å². The van der Waals surface area contributed by atoms with Crippen LogP contribution in [0.3, 0.4) is 0 Å². The number of anilines is 1. The van der Waals surface area contributed by atoms with Gasteiger partial charge in [-0.15, -0.1) is 0 Å². The van der Waals surface area contributed by atoms with Crippen LogP contribution in [0.25, 0.3) is 0 Å². The van der Waals surface area contributed by atoms with E-state index < -0.39 is 5.60 Å². The number of ether oxygens (including phenoxy) is 1. The Morgan fingerprint density at radius 3 is 2.61 bits per heavy atom. The Morgan fingerprint density at radius 2 is 2.06 bits per heavy atom. The minimum Gasteiger partial charge on any atom is -0.497 e. The summed E-state index contributed by atoms with van der Waals surface area (Å²) in [5.74, 6) is 0.457. The summed E-state index contributed by atoms with van der Waals surface area (Å²) < 4.78 is 5.11. The molecule has 18 heavy (non-hydrogen) atoms. The Bertz CT molecular complexity index is 450. The summed E-state index contributed by atoms with van der Waals surface area (Å²) in [5, 5.41) is 13.0. The average molecular weight is 249 g/mol. The van der Waals surface area contributed by atoms with Crippen molar-refractivity contribution in [3.8, 4) is 5.75 Å². The van der Waals surface area contributed by atoms with Crippen LogP contribution in [-0.4, -0.2) is 23.7 Å². The number of amides is 1. The van der Waals surface area contributed by atoms with Gasteiger partial charge in [-0.05, 0) is 56.4 Å². The van der Waals surface area contributed by atoms with E-state index in [0.29, 0.717) is 12.8 Å². The molecule has 1 saturated carbocycles. The predicted octanol–water partition coefficient (Wildman–Crippen LogP) is 2.25. The van der Waals surface area contributed by atoms with Crippen LogP contribution in [0.15, 0.2) is 18.2 Å². The normalized spacial score (nSPS) is 17.5. The fourth-order valence-electron chi connectivity index (χ4n) is 2.33. The maximum absolute atomic E-state index is 12.1. The molecule has 0 heterocycles. The molecule has 1 aromatic carbocycles. The topological polar surface area (TPSA) is 58.6 Å². The van der Waals surface area contributed by atoms with E-state index in [1.165, 1.54) is 0 Å². The fraction of sp³-hybridized carbons (Fsp3) is 0.500. The number of methoxy groups -OCH3 is 1. The summed E-state index contributed by atoms with van der Waals surface area (Å²) in [6.45, 7) is 1.90. The van der Waals surface area contributed by atoms with Crippen molar-refractivity contribution in [2.45, 2.75) is 38.2 Å². The van der Waals surface area contributed by atoms with E-state index >= 15 is 0 Å². The zero-order chi connectivity index (χ0) is 13.2. The predicted molar refractivity (Wildman–Crippen MR) is 69.8 cm³/mol. The molecule has 0 spiro atoms. The third-order valence-corrected chi connectivity index (χ3v) is 3.54. The zero-order valence-electron chi connectivity index (χ0n) is 10.8. The lowest BCUT2D eigenvalue weighted by Crippen LogP contribution is -2.40. The number of carbonyl (C=O) groups is 1. The Labute approximate surface area is 107 Å². The number of benzene rings is 1. The number of aryl methyl sites for hydroxylation is 1. The van der Waals surface area contributed by atoms with E-state index in [0.717, 1.165) is 29.8 Å². The Balaban J connectivity index is 2.12.